The van der Waals surface area contributed by atoms with Gasteiger partial charge in [0.1, 0.15) is 11.5 Å². The van der Waals surface area contributed by atoms with Crippen LogP contribution in [0.25, 0.3) is 28.1 Å². The average molecular weight is 446 g/mol. The molecule has 2 N–H and O–H groups in total. The molecule has 1 aliphatic carbocycles. The van der Waals surface area contributed by atoms with Gasteiger partial charge in [0.2, 0.25) is 5.75 Å². The number of allylic oxidation sites excluding steroid dienone is 1. The monoisotopic (exact) mass is 445 g/mol. The van der Waals surface area contributed by atoms with E-state index in [1.165, 1.54) is 5.56 Å². The number of benzene rings is 3. The molecule has 6 heteroatoms. The van der Waals surface area contributed by atoms with E-state index in [1.807, 2.05) is 6.07 Å². The van der Waals surface area contributed by atoms with Gasteiger partial charge in [0.25, 0.3) is 5.56 Å². The van der Waals surface area contributed by atoms with Crippen LogP contribution in [-0.2, 0) is 0 Å². The van der Waals surface area contributed by atoms with Gasteiger partial charge in [-0.25, -0.2) is 0 Å². The Hall–Kier alpha value is -3.70. The molecule has 0 fully saturated rings. The van der Waals surface area contributed by atoms with Crippen molar-refractivity contribution in [3.63, 3.8) is 0 Å². The van der Waals surface area contributed by atoms with Crippen molar-refractivity contribution in [1.29, 1.82) is 0 Å². The highest BCUT2D eigenvalue weighted by Gasteiger charge is 2.18. The third-order valence-electron chi connectivity index (χ3n) is 5.76. The van der Waals surface area contributed by atoms with Crippen molar-refractivity contribution < 1.29 is 14.6 Å². The van der Waals surface area contributed by atoms with E-state index in [0.29, 0.717) is 33.3 Å². The van der Waals surface area contributed by atoms with Gasteiger partial charge in [0, 0.05) is 10.9 Å². The topological polar surface area (TPSA) is 71.5 Å². The number of aromatic nitrogens is 1. The molecule has 0 amide bonds. The van der Waals surface area contributed by atoms with Crippen molar-refractivity contribution >= 4 is 28.6 Å². The smallest absolute Gasteiger partial charge is 0.295 e. The van der Waals surface area contributed by atoms with Crippen molar-refractivity contribution in [1.82, 2.24) is 4.98 Å². The average Bonchev–Trinajstić information content (AvgIpc) is 3.17. The van der Waals surface area contributed by atoms with Gasteiger partial charge in [-0.3, -0.25) is 4.79 Å². The van der Waals surface area contributed by atoms with Crippen LogP contribution in [0.5, 0.6) is 23.0 Å². The van der Waals surface area contributed by atoms with Gasteiger partial charge in [-0.05, 0) is 65.1 Å². The fourth-order valence-electron chi connectivity index (χ4n) is 4.01. The molecule has 160 valence electrons. The third kappa shape index (κ3) is 3.41. The number of halogens is 1. The zero-order valence-corrected chi connectivity index (χ0v) is 18.2. The van der Waals surface area contributed by atoms with E-state index in [2.05, 4.69) is 36.2 Å². The van der Waals surface area contributed by atoms with Crippen molar-refractivity contribution in [2.45, 2.75) is 12.8 Å². The molecule has 4 aromatic rings. The van der Waals surface area contributed by atoms with Crippen LogP contribution >= 0.6 is 11.6 Å². The number of hydrogen-bond acceptors (Lipinski definition) is 4. The maximum Gasteiger partial charge on any atom is 0.295 e. The second kappa shape index (κ2) is 7.77. The maximum absolute atomic E-state index is 12.6. The van der Waals surface area contributed by atoms with Gasteiger partial charge >= 0.3 is 0 Å². The number of nitrogens with one attached hydrogen (secondary N) is 1. The van der Waals surface area contributed by atoms with E-state index in [9.17, 15) is 9.90 Å². The zero-order valence-electron chi connectivity index (χ0n) is 17.5. The molecule has 32 heavy (non-hydrogen) atoms. The van der Waals surface area contributed by atoms with Crippen LogP contribution in [0.3, 0.4) is 0 Å². The van der Waals surface area contributed by atoms with Crippen molar-refractivity contribution in [3.8, 4) is 34.1 Å². The molecule has 1 atom stereocenters. The first-order valence-electron chi connectivity index (χ1n) is 10.2. The number of rotatable bonds is 4. The van der Waals surface area contributed by atoms with Crippen LogP contribution in [0.4, 0.5) is 0 Å². The lowest BCUT2D eigenvalue weighted by molar-refractivity contribution is 0.404. The lowest BCUT2D eigenvalue weighted by Crippen LogP contribution is -2.09. The highest BCUT2D eigenvalue weighted by atomic mass is 35.5. The summed E-state index contributed by atoms with van der Waals surface area (Å²) < 4.78 is 10.8. The molecule has 3 aromatic carbocycles. The third-order valence-corrected chi connectivity index (χ3v) is 6.08. The molecule has 0 spiro atoms. The summed E-state index contributed by atoms with van der Waals surface area (Å²) in [7, 11) is 1.57. The summed E-state index contributed by atoms with van der Waals surface area (Å²) in [6, 6.07) is 16.4. The number of hydrogen-bond donors (Lipinski definition) is 2. The molecule has 0 radical (unpaired) electrons. The zero-order chi connectivity index (χ0) is 22.4. The van der Waals surface area contributed by atoms with E-state index in [-0.39, 0.29) is 11.5 Å². The van der Waals surface area contributed by atoms with E-state index in [0.717, 1.165) is 16.7 Å². The van der Waals surface area contributed by atoms with Gasteiger partial charge in [-0.2, -0.15) is 0 Å². The van der Waals surface area contributed by atoms with E-state index >= 15 is 0 Å². The molecule has 1 heterocycles. The number of H-pyrrole nitrogens is 1. The van der Waals surface area contributed by atoms with Gasteiger partial charge in [0.05, 0.1) is 17.6 Å². The largest absolute Gasteiger partial charge is 0.504 e. The first-order valence-corrected chi connectivity index (χ1v) is 10.6. The minimum atomic E-state index is -0.550. The lowest BCUT2D eigenvalue weighted by atomic mass is 9.96. The highest BCUT2D eigenvalue weighted by Crippen LogP contribution is 2.40. The van der Waals surface area contributed by atoms with Crippen molar-refractivity contribution in [2.75, 3.05) is 7.11 Å². The summed E-state index contributed by atoms with van der Waals surface area (Å²) in [6.45, 7) is 2.16. The number of ether oxygens (including phenoxy) is 2. The molecule has 0 saturated heterocycles. The quantitative estimate of drug-likeness (QED) is 0.377. The molecule has 0 bridgehead atoms. The predicted molar refractivity (Wildman–Crippen MR) is 127 cm³/mol. The minimum Gasteiger partial charge on any atom is -0.504 e. The van der Waals surface area contributed by atoms with Gasteiger partial charge in [-0.1, -0.05) is 42.8 Å². The lowest BCUT2D eigenvalue weighted by Gasteiger charge is -2.13. The molecule has 5 nitrogen and oxygen atoms in total. The van der Waals surface area contributed by atoms with Crippen molar-refractivity contribution in [2.24, 2.45) is 0 Å². The number of methoxy groups -OCH3 is 1. The summed E-state index contributed by atoms with van der Waals surface area (Å²) in [5.74, 6) is 1.03. The molecule has 1 aliphatic rings. The van der Waals surface area contributed by atoms with Crippen LogP contribution in [-0.4, -0.2) is 17.2 Å². The van der Waals surface area contributed by atoms with Crippen LogP contribution < -0.4 is 15.0 Å². The number of aromatic hydroxyl groups is 1. The summed E-state index contributed by atoms with van der Waals surface area (Å²) in [5.41, 5.74) is 3.99. The number of aromatic amines is 1. The molecule has 1 aromatic heterocycles. The molecule has 0 saturated carbocycles. The molecule has 1 unspecified atom stereocenters. The molecular formula is C26H20ClNO4. The number of pyridine rings is 1. The normalized spacial score (nSPS) is 14.5. The summed E-state index contributed by atoms with van der Waals surface area (Å²) >= 11 is 6.56. The first-order chi connectivity index (χ1) is 15.4. The van der Waals surface area contributed by atoms with Crippen LogP contribution in [0.2, 0.25) is 5.02 Å². The Kier molecular flexibility index (Phi) is 4.91. The fourth-order valence-corrected chi connectivity index (χ4v) is 4.28. The van der Waals surface area contributed by atoms with E-state index in [1.54, 1.807) is 43.5 Å². The molecular weight excluding hydrogens is 426 g/mol. The van der Waals surface area contributed by atoms with Crippen LogP contribution in [0, 0.1) is 0 Å². The summed E-state index contributed by atoms with van der Waals surface area (Å²) in [5, 5.41) is 11.8. The van der Waals surface area contributed by atoms with Crippen LogP contribution in [0.1, 0.15) is 24.0 Å². The second-order valence-electron chi connectivity index (χ2n) is 7.78. The Bertz CT molecular complexity index is 1440. The Morgan fingerprint density at radius 2 is 1.78 bits per heavy atom. The Morgan fingerprint density at radius 1 is 1.03 bits per heavy atom. The Balaban J connectivity index is 1.60. The van der Waals surface area contributed by atoms with Gasteiger partial charge in [0.15, 0.2) is 5.75 Å². The molecule has 5 rings (SSSR count). The minimum absolute atomic E-state index is 0.179. The highest BCUT2D eigenvalue weighted by molar-refractivity contribution is 6.34. The number of fused-ring (bicyclic) bond motifs is 2. The van der Waals surface area contributed by atoms with E-state index in [4.69, 9.17) is 21.1 Å². The summed E-state index contributed by atoms with van der Waals surface area (Å²) in [4.78, 5) is 15.3. The maximum atomic E-state index is 12.6. The second-order valence-corrected chi connectivity index (χ2v) is 8.19. The van der Waals surface area contributed by atoms with Crippen molar-refractivity contribution in [3.05, 3.63) is 87.2 Å². The molecule has 0 aliphatic heterocycles. The van der Waals surface area contributed by atoms with E-state index < -0.39 is 5.56 Å². The Morgan fingerprint density at radius 3 is 2.53 bits per heavy atom. The van der Waals surface area contributed by atoms with Gasteiger partial charge < -0.3 is 19.6 Å². The van der Waals surface area contributed by atoms with Gasteiger partial charge in [-0.15, -0.1) is 0 Å². The Labute approximate surface area is 189 Å². The van der Waals surface area contributed by atoms with Crippen LogP contribution in [0.15, 0.2) is 65.5 Å². The fraction of sp³-hybridized carbons (Fsp3) is 0.115. The SMILES string of the molecule is COc1ccc(Oc2c(O)c3cc(-c4ccc5c(c4)C=CC5C)c(Cl)cc3[nH]c2=O)cc1. The standard InChI is InChI=1S/C26H20ClNO4/c1-14-3-4-15-11-16(5-10-19(14)15)20-12-21-23(13-22(20)27)28-26(30)25(24(21)29)32-18-8-6-17(31-2)7-9-18/h3-14H,1-2H3,(H2,28,29,30). The summed E-state index contributed by atoms with van der Waals surface area (Å²) in [6.07, 6.45) is 4.27. The predicted octanol–water partition coefficient (Wildman–Crippen LogP) is 6.49. The first kappa shape index (κ1) is 20.2.